The first-order chi connectivity index (χ1) is 13.6. The maximum Gasteiger partial charge on any atom is 0.270 e. The van der Waals surface area contributed by atoms with Crippen molar-refractivity contribution in [2.24, 2.45) is 5.41 Å². The van der Waals surface area contributed by atoms with E-state index in [1.165, 1.54) is 16.8 Å². The van der Waals surface area contributed by atoms with Gasteiger partial charge in [0, 0.05) is 25.2 Å². The molecular formula is C19H28N6O3S. The summed E-state index contributed by atoms with van der Waals surface area (Å²) in [4.78, 5) is 25.9. The van der Waals surface area contributed by atoms with E-state index in [2.05, 4.69) is 34.1 Å². The lowest BCUT2D eigenvalue weighted by Gasteiger charge is -2.31. The van der Waals surface area contributed by atoms with E-state index < -0.39 is 10.0 Å². The van der Waals surface area contributed by atoms with Crippen LogP contribution in [0.2, 0.25) is 0 Å². The van der Waals surface area contributed by atoms with Crippen molar-refractivity contribution < 1.29 is 8.42 Å². The number of aromatic nitrogens is 4. The molecule has 0 amide bonds. The van der Waals surface area contributed by atoms with Crippen LogP contribution in [0.25, 0.3) is 11.2 Å². The Balaban J connectivity index is 1.61. The molecule has 158 valence electrons. The largest absolute Gasteiger partial charge is 0.351 e. The van der Waals surface area contributed by atoms with Crippen LogP contribution in [0.15, 0.2) is 17.2 Å². The molecule has 2 aliphatic rings. The minimum absolute atomic E-state index is 0.0229. The Kier molecular flexibility index (Phi) is 5.10. The van der Waals surface area contributed by atoms with Gasteiger partial charge in [-0.2, -0.15) is 4.98 Å². The minimum atomic E-state index is -3.15. The highest BCUT2D eigenvalue weighted by molar-refractivity contribution is 7.88. The first-order valence-corrected chi connectivity index (χ1v) is 12.0. The SMILES string of the molecule is CC1(C)CCCC1n1c(=O)cnc2cnc(NC3CCN(S(C)(=O)=O)CC3)nc21. The summed E-state index contributed by atoms with van der Waals surface area (Å²) in [6.07, 6.45) is 8.72. The molecular weight excluding hydrogens is 392 g/mol. The standard InChI is InChI=1S/C19H28N6O3S/c1-19(2)8-4-5-15(19)25-16(26)12-20-14-11-21-18(23-17(14)25)22-13-6-9-24(10-7-13)29(3,27)28/h11-13,15H,4-10H2,1-3H3,(H,21,22,23). The topological polar surface area (TPSA) is 110 Å². The highest BCUT2D eigenvalue weighted by Crippen LogP contribution is 2.45. The second-order valence-electron chi connectivity index (χ2n) is 8.85. The number of anilines is 1. The third-order valence-electron chi connectivity index (χ3n) is 6.30. The summed E-state index contributed by atoms with van der Waals surface area (Å²) in [6.45, 7) is 5.35. The average Bonchev–Trinajstić information content (AvgIpc) is 3.00. The van der Waals surface area contributed by atoms with E-state index in [-0.39, 0.29) is 23.1 Å². The lowest BCUT2D eigenvalue weighted by atomic mass is 9.87. The van der Waals surface area contributed by atoms with E-state index in [1.54, 1.807) is 10.8 Å². The predicted octanol–water partition coefficient (Wildman–Crippen LogP) is 1.77. The number of nitrogens with zero attached hydrogens (tertiary/aromatic N) is 5. The van der Waals surface area contributed by atoms with Gasteiger partial charge in [-0.25, -0.2) is 22.7 Å². The first-order valence-electron chi connectivity index (χ1n) is 10.1. The molecule has 1 unspecified atom stereocenters. The number of nitrogens with one attached hydrogen (secondary N) is 1. The van der Waals surface area contributed by atoms with Crippen LogP contribution in [-0.4, -0.2) is 57.6 Å². The van der Waals surface area contributed by atoms with Crippen molar-refractivity contribution in [3.05, 3.63) is 22.7 Å². The second kappa shape index (κ2) is 7.32. The molecule has 3 heterocycles. The lowest BCUT2D eigenvalue weighted by molar-refractivity contribution is 0.260. The number of hydrogen-bond donors (Lipinski definition) is 1. The summed E-state index contributed by atoms with van der Waals surface area (Å²) < 4.78 is 26.7. The van der Waals surface area contributed by atoms with Crippen LogP contribution in [0.1, 0.15) is 52.0 Å². The number of sulfonamides is 1. The van der Waals surface area contributed by atoms with E-state index in [4.69, 9.17) is 0 Å². The summed E-state index contributed by atoms with van der Waals surface area (Å²) in [5.74, 6) is 0.451. The Morgan fingerprint density at radius 3 is 2.48 bits per heavy atom. The van der Waals surface area contributed by atoms with Crippen LogP contribution in [0.4, 0.5) is 5.95 Å². The van der Waals surface area contributed by atoms with E-state index in [1.807, 2.05) is 0 Å². The Morgan fingerprint density at radius 1 is 1.14 bits per heavy atom. The smallest absolute Gasteiger partial charge is 0.270 e. The Hall–Kier alpha value is -2.07. The molecule has 1 aliphatic heterocycles. The maximum atomic E-state index is 12.7. The van der Waals surface area contributed by atoms with Gasteiger partial charge in [0.05, 0.1) is 18.6 Å². The molecule has 0 bridgehead atoms. The fraction of sp³-hybridized carbons (Fsp3) is 0.684. The van der Waals surface area contributed by atoms with Gasteiger partial charge in [-0.1, -0.05) is 20.3 Å². The van der Waals surface area contributed by atoms with E-state index in [0.717, 1.165) is 19.3 Å². The molecule has 1 saturated carbocycles. The molecule has 1 atom stereocenters. The normalized spacial score (nSPS) is 23.5. The predicted molar refractivity (Wildman–Crippen MR) is 111 cm³/mol. The van der Waals surface area contributed by atoms with Crippen molar-refractivity contribution in [3.8, 4) is 0 Å². The van der Waals surface area contributed by atoms with E-state index in [9.17, 15) is 13.2 Å². The lowest BCUT2D eigenvalue weighted by Crippen LogP contribution is -2.42. The van der Waals surface area contributed by atoms with Gasteiger partial charge in [0.2, 0.25) is 16.0 Å². The molecule has 2 fully saturated rings. The highest BCUT2D eigenvalue weighted by Gasteiger charge is 2.37. The zero-order chi connectivity index (χ0) is 20.8. The number of rotatable bonds is 4. The Bertz CT molecular complexity index is 1070. The molecule has 0 radical (unpaired) electrons. The molecule has 0 spiro atoms. The molecule has 2 aromatic rings. The summed E-state index contributed by atoms with van der Waals surface area (Å²) in [5.41, 5.74) is 1.05. The van der Waals surface area contributed by atoms with Gasteiger partial charge in [0.25, 0.3) is 5.56 Å². The Labute approximate surface area is 170 Å². The van der Waals surface area contributed by atoms with Gasteiger partial charge < -0.3 is 5.32 Å². The van der Waals surface area contributed by atoms with Crippen LogP contribution >= 0.6 is 0 Å². The fourth-order valence-corrected chi connectivity index (χ4v) is 5.47. The molecule has 1 N–H and O–H groups in total. The number of piperidine rings is 1. The van der Waals surface area contributed by atoms with Crippen LogP contribution in [0, 0.1) is 5.41 Å². The van der Waals surface area contributed by atoms with Gasteiger partial charge in [-0.05, 0) is 31.1 Å². The monoisotopic (exact) mass is 420 g/mol. The molecule has 9 nitrogen and oxygen atoms in total. The number of hydrogen-bond acceptors (Lipinski definition) is 7. The highest BCUT2D eigenvalue weighted by atomic mass is 32.2. The van der Waals surface area contributed by atoms with Gasteiger partial charge in [-0.3, -0.25) is 9.36 Å². The van der Waals surface area contributed by atoms with Crippen molar-refractivity contribution in [1.29, 1.82) is 0 Å². The van der Waals surface area contributed by atoms with Crippen LogP contribution in [-0.2, 0) is 10.0 Å². The Morgan fingerprint density at radius 2 is 1.86 bits per heavy atom. The summed E-state index contributed by atoms with van der Waals surface area (Å²) >= 11 is 0. The summed E-state index contributed by atoms with van der Waals surface area (Å²) in [5, 5.41) is 3.32. The molecule has 2 aromatic heterocycles. The molecule has 10 heteroatoms. The molecule has 1 aliphatic carbocycles. The van der Waals surface area contributed by atoms with Crippen molar-refractivity contribution >= 4 is 27.1 Å². The van der Waals surface area contributed by atoms with E-state index in [0.29, 0.717) is 43.0 Å². The van der Waals surface area contributed by atoms with Crippen LogP contribution < -0.4 is 10.9 Å². The fourth-order valence-electron chi connectivity index (χ4n) is 4.60. The van der Waals surface area contributed by atoms with Crippen molar-refractivity contribution in [1.82, 2.24) is 23.8 Å². The number of fused-ring (bicyclic) bond motifs is 1. The van der Waals surface area contributed by atoms with Crippen molar-refractivity contribution in [2.75, 3.05) is 24.7 Å². The van der Waals surface area contributed by atoms with Gasteiger partial charge >= 0.3 is 0 Å². The maximum absolute atomic E-state index is 12.7. The molecule has 0 aromatic carbocycles. The quantitative estimate of drug-likeness (QED) is 0.802. The second-order valence-corrected chi connectivity index (χ2v) is 10.8. The van der Waals surface area contributed by atoms with Gasteiger partial charge in [0.1, 0.15) is 5.52 Å². The summed E-state index contributed by atoms with van der Waals surface area (Å²) in [7, 11) is -3.15. The van der Waals surface area contributed by atoms with Gasteiger partial charge in [0.15, 0.2) is 5.65 Å². The molecule has 1 saturated heterocycles. The van der Waals surface area contributed by atoms with Crippen LogP contribution in [0.3, 0.4) is 0 Å². The third-order valence-corrected chi connectivity index (χ3v) is 7.60. The first kappa shape index (κ1) is 20.2. The van der Waals surface area contributed by atoms with Gasteiger partial charge in [-0.15, -0.1) is 0 Å². The minimum Gasteiger partial charge on any atom is -0.351 e. The van der Waals surface area contributed by atoms with E-state index >= 15 is 0 Å². The third kappa shape index (κ3) is 4.00. The van der Waals surface area contributed by atoms with Crippen molar-refractivity contribution in [3.63, 3.8) is 0 Å². The summed E-state index contributed by atoms with van der Waals surface area (Å²) in [6, 6.07) is 0.173. The van der Waals surface area contributed by atoms with Crippen LogP contribution in [0.5, 0.6) is 0 Å². The zero-order valence-corrected chi connectivity index (χ0v) is 17.9. The van der Waals surface area contributed by atoms with Crippen molar-refractivity contribution in [2.45, 2.75) is 58.0 Å². The molecule has 29 heavy (non-hydrogen) atoms. The average molecular weight is 421 g/mol. The zero-order valence-electron chi connectivity index (χ0n) is 17.1. The molecule has 4 rings (SSSR count).